The predicted octanol–water partition coefficient (Wildman–Crippen LogP) is 1.19. The van der Waals surface area contributed by atoms with Crippen molar-refractivity contribution in [2.75, 3.05) is 33.8 Å². The lowest BCUT2D eigenvalue weighted by atomic mass is 9.51. The fourth-order valence-corrected chi connectivity index (χ4v) is 3.30. The van der Waals surface area contributed by atoms with Gasteiger partial charge < -0.3 is 20.3 Å². The number of urea groups is 1. The van der Waals surface area contributed by atoms with E-state index in [1.165, 1.54) is 19.3 Å². The molecule has 1 spiro atoms. The summed E-state index contributed by atoms with van der Waals surface area (Å²) in [4.78, 5) is 12.9. The fourth-order valence-electron chi connectivity index (χ4n) is 3.30. The zero-order valence-electron chi connectivity index (χ0n) is 12.4. The lowest BCUT2D eigenvalue weighted by Crippen LogP contribution is -2.67. The molecule has 2 saturated carbocycles. The average Bonchev–Trinajstić information content (AvgIpc) is 2.29. The first kappa shape index (κ1) is 14.6. The number of hydrogen-bond donors (Lipinski definition) is 2. The van der Waals surface area contributed by atoms with E-state index in [-0.39, 0.29) is 6.03 Å². The van der Waals surface area contributed by atoms with Crippen molar-refractivity contribution in [3.05, 3.63) is 0 Å². The van der Waals surface area contributed by atoms with Crippen molar-refractivity contribution in [2.45, 2.75) is 44.8 Å². The molecule has 5 heteroatoms. The zero-order chi connectivity index (χ0) is 13.9. The van der Waals surface area contributed by atoms with Crippen LogP contribution in [-0.2, 0) is 4.74 Å². The number of nitrogens with one attached hydrogen (secondary N) is 2. The van der Waals surface area contributed by atoms with Gasteiger partial charge in [-0.05, 0) is 26.2 Å². The topological polar surface area (TPSA) is 53.6 Å². The van der Waals surface area contributed by atoms with Crippen LogP contribution in [0.1, 0.15) is 32.6 Å². The highest BCUT2D eigenvalue weighted by Crippen LogP contribution is 2.57. The van der Waals surface area contributed by atoms with Crippen LogP contribution in [0.25, 0.3) is 0 Å². The molecule has 0 aromatic rings. The number of ether oxygens (including phenoxy) is 1. The Morgan fingerprint density at radius 3 is 2.63 bits per heavy atom. The summed E-state index contributed by atoms with van der Waals surface area (Å²) in [5, 5.41) is 6.46. The molecular formula is C14H27N3O2. The van der Waals surface area contributed by atoms with Gasteiger partial charge in [0.25, 0.3) is 0 Å². The fraction of sp³-hybridized carbons (Fsp3) is 0.929. The summed E-state index contributed by atoms with van der Waals surface area (Å²) in [6.45, 7) is 4.41. The molecule has 0 bridgehead atoms. The van der Waals surface area contributed by atoms with E-state index >= 15 is 0 Å². The average molecular weight is 269 g/mol. The molecule has 2 aliphatic carbocycles. The molecule has 2 N–H and O–H groups in total. The van der Waals surface area contributed by atoms with Crippen molar-refractivity contribution in [1.29, 1.82) is 0 Å². The van der Waals surface area contributed by atoms with E-state index in [4.69, 9.17) is 4.74 Å². The van der Waals surface area contributed by atoms with Gasteiger partial charge >= 0.3 is 6.03 Å². The summed E-state index contributed by atoms with van der Waals surface area (Å²) in [5.41, 5.74) is 0.404. The van der Waals surface area contributed by atoms with Gasteiger partial charge in [0.1, 0.15) is 0 Å². The molecule has 2 unspecified atom stereocenters. The quantitative estimate of drug-likeness (QED) is 0.712. The van der Waals surface area contributed by atoms with Crippen molar-refractivity contribution in [2.24, 2.45) is 5.41 Å². The first-order chi connectivity index (χ1) is 9.10. The normalized spacial score (nSPS) is 27.5. The van der Waals surface area contributed by atoms with Crippen molar-refractivity contribution >= 4 is 6.03 Å². The van der Waals surface area contributed by atoms with Crippen LogP contribution < -0.4 is 10.6 Å². The van der Waals surface area contributed by atoms with E-state index in [1.807, 2.05) is 0 Å². The maximum absolute atomic E-state index is 11.4. The van der Waals surface area contributed by atoms with Gasteiger partial charge in [-0.2, -0.15) is 0 Å². The van der Waals surface area contributed by atoms with Gasteiger partial charge in [0.05, 0.1) is 6.10 Å². The lowest BCUT2D eigenvalue weighted by Gasteiger charge is -2.61. The third-order valence-corrected chi connectivity index (χ3v) is 4.64. The Morgan fingerprint density at radius 1 is 1.37 bits per heavy atom. The predicted molar refractivity (Wildman–Crippen MR) is 75.2 cm³/mol. The molecule has 0 radical (unpaired) electrons. The van der Waals surface area contributed by atoms with Crippen molar-refractivity contribution in [3.63, 3.8) is 0 Å². The van der Waals surface area contributed by atoms with Gasteiger partial charge in [-0.15, -0.1) is 0 Å². The molecule has 0 aliphatic heterocycles. The van der Waals surface area contributed by atoms with Crippen LogP contribution in [0.3, 0.4) is 0 Å². The largest absolute Gasteiger partial charge is 0.378 e. The van der Waals surface area contributed by atoms with Crippen LogP contribution in [-0.4, -0.2) is 56.9 Å². The van der Waals surface area contributed by atoms with E-state index in [9.17, 15) is 4.79 Å². The molecule has 0 heterocycles. The molecular weight excluding hydrogens is 242 g/mol. The van der Waals surface area contributed by atoms with Crippen LogP contribution in [0, 0.1) is 5.41 Å². The summed E-state index contributed by atoms with van der Waals surface area (Å²) in [5.74, 6) is 0. The summed E-state index contributed by atoms with van der Waals surface area (Å²) < 4.78 is 5.83. The van der Waals surface area contributed by atoms with Crippen LogP contribution in [0.2, 0.25) is 0 Å². The van der Waals surface area contributed by atoms with Crippen LogP contribution in [0.5, 0.6) is 0 Å². The minimum atomic E-state index is -0.0269. The Bertz CT molecular complexity index is 316. The molecule has 2 amide bonds. The van der Waals surface area contributed by atoms with Gasteiger partial charge in [0.2, 0.25) is 0 Å². The number of hydrogen-bond acceptors (Lipinski definition) is 3. The standard InChI is InChI=1S/C14H27N3O2/c1-4-19-12-10-11(14(12)6-5-7-14)15-8-9-16-13(18)17(2)3/h11-12,15H,4-10H2,1-3H3,(H,16,18). The van der Waals surface area contributed by atoms with Gasteiger partial charge in [-0.3, -0.25) is 0 Å². The highest BCUT2D eigenvalue weighted by atomic mass is 16.5. The first-order valence-corrected chi connectivity index (χ1v) is 7.40. The monoisotopic (exact) mass is 269 g/mol. The molecule has 2 fully saturated rings. The lowest BCUT2D eigenvalue weighted by molar-refractivity contribution is -0.172. The molecule has 2 rings (SSSR count). The Kier molecular flexibility index (Phi) is 4.68. The van der Waals surface area contributed by atoms with Crippen molar-refractivity contribution in [3.8, 4) is 0 Å². The number of amides is 2. The maximum atomic E-state index is 11.4. The van der Waals surface area contributed by atoms with E-state index in [0.717, 1.165) is 19.6 Å². The van der Waals surface area contributed by atoms with Crippen molar-refractivity contribution < 1.29 is 9.53 Å². The van der Waals surface area contributed by atoms with Crippen molar-refractivity contribution in [1.82, 2.24) is 15.5 Å². The molecule has 2 atom stereocenters. The van der Waals surface area contributed by atoms with Gasteiger partial charge in [0, 0.05) is 45.2 Å². The van der Waals surface area contributed by atoms with E-state index in [0.29, 0.717) is 24.1 Å². The smallest absolute Gasteiger partial charge is 0.316 e. The second-order valence-electron chi connectivity index (χ2n) is 5.90. The molecule has 2 aliphatic rings. The SMILES string of the molecule is CCOC1CC(NCCNC(=O)N(C)C)C12CCC2. The number of nitrogens with zero attached hydrogens (tertiary/aromatic N) is 1. The molecule has 0 saturated heterocycles. The van der Waals surface area contributed by atoms with Crippen LogP contribution >= 0.6 is 0 Å². The second kappa shape index (κ2) is 6.09. The van der Waals surface area contributed by atoms with E-state index in [2.05, 4.69) is 17.6 Å². The highest BCUT2D eigenvalue weighted by molar-refractivity contribution is 5.73. The third-order valence-electron chi connectivity index (χ3n) is 4.64. The summed E-state index contributed by atoms with van der Waals surface area (Å²) in [6.07, 6.45) is 5.49. The number of rotatable bonds is 6. The Hall–Kier alpha value is -0.810. The van der Waals surface area contributed by atoms with Gasteiger partial charge in [-0.1, -0.05) is 6.42 Å². The Balaban J connectivity index is 1.66. The number of carbonyl (C=O) groups is 1. The zero-order valence-corrected chi connectivity index (χ0v) is 12.4. The second-order valence-corrected chi connectivity index (χ2v) is 5.90. The molecule has 5 nitrogen and oxygen atoms in total. The van der Waals surface area contributed by atoms with E-state index < -0.39 is 0 Å². The van der Waals surface area contributed by atoms with E-state index in [1.54, 1.807) is 19.0 Å². The first-order valence-electron chi connectivity index (χ1n) is 7.40. The Labute approximate surface area is 116 Å². The minimum Gasteiger partial charge on any atom is -0.378 e. The molecule has 19 heavy (non-hydrogen) atoms. The summed E-state index contributed by atoms with van der Waals surface area (Å²) in [7, 11) is 3.51. The third kappa shape index (κ3) is 2.87. The van der Waals surface area contributed by atoms with Gasteiger partial charge in [0.15, 0.2) is 0 Å². The summed E-state index contributed by atoms with van der Waals surface area (Å²) in [6, 6.07) is 0.551. The molecule has 110 valence electrons. The summed E-state index contributed by atoms with van der Waals surface area (Å²) >= 11 is 0. The van der Waals surface area contributed by atoms with Crippen LogP contribution in [0.15, 0.2) is 0 Å². The maximum Gasteiger partial charge on any atom is 0.316 e. The Morgan fingerprint density at radius 2 is 2.11 bits per heavy atom. The number of carbonyl (C=O) groups excluding carboxylic acids is 1. The van der Waals surface area contributed by atoms with Crippen LogP contribution in [0.4, 0.5) is 4.79 Å². The van der Waals surface area contributed by atoms with Gasteiger partial charge in [-0.25, -0.2) is 4.79 Å². The molecule has 0 aromatic heterocycles. The minimum absolute atomic E-state index is 0.0269. The highest BCUT2D eigenvalue weighted by Gasteiger charge is 2.58. The molecule has 0 aromatic carbocycles.